The summed E-state index contributed by atoms with van der Waals surface area (Å²) in [6.45, 7) is 0. The highest BCUT2D eigenvalue weighted by molar-refractivity contribution is 9.10. The molecule has 13 heavy (non-hydrogen) atoms. The molecule has 0 N–H and O–H groups in total. The maximum atomic E-state index is 11.9. The average Bonchev–Trinajstić information content (AvgIpc) is 2.08. The summed E-state index contributed by atoms with van der Waals surface area (Å²) in [6.07, 6.45) is -3.11. The SMILES string of the molecule is O=C(Cc1ccccc1Br)C(F)F. The molecule has 0 saturated heterocycles. The molecule has 0 unspecified atom stereocenters. The Morgan fingerprint density at radius 2 is 2.00 bits per heavy atom. The zero-order chi connectivity index (χ0) is 9.84. The predicted molar refractivity (Wildman–Crippen MR) is 48.9 cm³/mol. The third-order valence-electron chi connectivity index (χ3n) is 1.57. The van der Waals surface area contributed by atoms with E-state index in [0.29, 0.717) is 10.0 Å². The van der Waals surface area contributed by atoms with Crippen LogP contribution in [0.4, 0.5) is 8.78 Å². The van der Waals surface area contributed by atoms with Crippen LogP contribution >= 0.6 is 15.9 Å². The van der Waals surface area contributed by atoms with Gasteiger partial charge in [0, 0.05) is 10.9 Å². The number of hydrogen-bond acceptors (Lipinski definition) is 1. The third-order valence-corrected chi connectivity index (χ3v) is 2.34. The molecule has 70 valence electrons. The van der Waals surface area contributed by atoms with Crippen molar-refractivity contribution in [2.75, 3.05) is 0 Å². The molecule has 0 spiro atoms. The monoisotopic (exact) mass is 248 g/mol. The van der Waals surface area contributed by atoms with E-state index in [-0.39, 0.29) is 6.42 Å². The van der Waals surface area contributed by atoms with Crippen LogP contribution in [0.3, 0.4) is 0 Å². The topological polar surface area (TPSA) is 17.1 Å². The molecule has 4 heteroatoms. The minimum Gasteiger partial charge on any atom is -0.293 e. The van der Waals surface area contributed by atoms with E-state index in [1.54, 1.807) is 24.3 Å². The fraction of sp³-hybridized carbons (Fsp3) is 0.222. The molecule has 0 radical (unpaired) electrons. The van der Waals surface area contributed by atoms with E-state index in [0.717, 1.165) is 0 Å². The van der Waals surface area contributed by atoms with Crippen LogP contribution in [0.1, 0.15) is 5.56 Å². The smallest absolute Gasteiger partial charge is 0.293 e. The normalized spacial score (nSPS) is 10.5. The van der Waals surface area contributed by atoms with E-state index >= 15 is 0 Å². The fourth-order valence-electron chi connectivity index (χ4n) is 0.907. The summed E-state index contributed by atoms with van der Waals surface area (Å²) in [5.74, 6) is -1.05. The van der Waals surface area contributed by atoms with Crippen LogP contribution in [0.2, 0.25) is 0 Å². The van der Waals surface area contributed by atoms with Crippen LogP contribution in [0.15, 0.2) is 28.7 Å². The number of carbonyl (C=O) groups is 1. The van der Waals surface area contributed by atoms with Gasteiger partial charge < -0.3 is 0 Å². The van der Waals surface area contributed by atoms with Gasteiger partial charge in [-0.15, -0.1) is 0 Å². The highest BCUT2D eigenvalue weighted by Gasteiger charge is 2.16. The maximum absolute atomic E-state index is 11.9. The minimum atomic E-state index is -2.88. The molecule has 0 bridgehead atoms. The molecule has 0 atom stereocenters. The van der Waals surface area contributed by atoms with Gasteiger partial charge in [-0.1, -0.05) is 34.1 Å². The first-order valence-electron chi connectivity index (χ1n) is 3.65. The Balaban J connectivity index is 2.75. The van der Waals surface area contributed by atoms with E-state index in [9.17, 15) is 13.6 Å². The maximum Gasteiger partial charge on any atom is 0.296 e. The second-order valence-corrected chi connectivity index (χ2v) is 3.39. The number of rotatable bonds is 3. The van der Waals surface area contributed by atoms with Crippen molar-refractivity contribution in [1.82, 2.24) is 0 Å². The molecular formula is C9H7BrF2O. The zero-order valence-electron chi connectivity index (χ0n) is 6.64. The molecule has 0 saturated carbocycles. The molecule has 0 aliphatic heterocycles. The average molecular weight is 249 g/mol. The lowest BCUT2D eigenvalue weighted by Gasteiger charge is -2.02. The molecule has 0 aliphatic carbocycles. The largest absolute Gasteiger partial charge is 0.296 e. The van der Waals surface area contributed by atoms with Gasteiger partial charge in [-0.2, -0.15) is 0 Å². The molecular weight excluding hydrogens is 242 g/mol. The molecule has 1 aromatic rings. The molecule has 0 fully saturated rings. The Kier molecular flexibility index (Phi) is 3.54. The van der Waals surface area contributed by atoms with Crippen LogP contribution in [0.25, 0.3) is 0 Å². The predicted octanol–water partition coefficient (Wildman–Crippen LogP) is 2.83. The lowest BCUT2D eigenvalue weighted by Crippen LogP contribution is -2.12. The summed E-state index contributed by atoms with van der Waals surface area (Å²) in [5, 5.41) is 0. The van der Waals surface area contributed by atoms with Gasteiger partial charge in [0.1, 0.15) is 0 Å². The van der Waals surface area contributed by atoms with Gasteiger partial charge in [-0.05, 0) is 11.6 Å². The second-order valence-electron chi connectivity index (χ2n) is 2.54. The van der Waals surface area contributed by atoms with E-state index in [4.69, 9.17) is 0 Å². The minimum absolute atomic E-state index is 0.223. The number of benzene rings is 1. The van der Waals surface area contributed by atoms with Crippen LogP contribution in [0.5, 0.6) is 0 Å². The summed E-state index contributed by atoms with van der Waals surface area (Å²) < 4.78 is 24.4. The zero-order valence-corrected chi connectivity index (χ0v) is 8.22. The Bertz CT molecular complexity index is 312. The van der Waals surface area contributed by atoms with Gasteiger partial charge in [-0.25, -0.2) is 8.78 Å². The number of carbonyl (C=O) groups excluding carboxylic acids is 1. The van der Waals surface area contributed by atoms with E-state index in [1.165, 1.54) is 0 Å². The third kappa shape index (κ3) is 2.88. The summed E-state index contributed by atoms with van der Waals surface area (Å²) in [6, 6.07) is 6.83. The van der Waals surface area contributed by atoms with Crippen molar-refractivity contribution in [3.8, 4) is 0 Å². The van der Waals surface area contributed by atoms with Crippen molar-refractivity contribution in [3.63, 3.8) is 0 Å². The van der Waals surface area contributed by atoms with Crippen molar-refractivity contribution in [3.05, 3.63) is 34.3 Å². The van der Waals surface area contributed by atoms with E-state index in [1.807, 2.05) is 0 Å². The van der Waals surface area contributed by atoms with Crippen LogP contribution < -0.4 is 0 Å². The van der Waals surface area contributed by atoms with Crippen molar-refractivity contribution in [1.29, 1.82) is 0 Å². The molecule has 0 heterocycles. The first-order chi connectivity index (χ1) is 6.11. The molecule has 0 aliphatic rings. The first-order valence-corrected chi connectivity index (χ1v) is 4.45. The quantitative estimate of drug-likeness (QED) is 0.804. The molecule has 1 nitrogen and oxygen atoms in total. The van der Waals surface area contributed by atoms with Gasteiger partial charge in [0.05, 0.1) is 0 Å². The number of alkyl halides is 2. The lowest BCUT2D eigenvalue weighted by molar-refractivity contribution is -0.128. The Hall–Kier alpha value is -0.770. The van der Waals surface area contributed by atoms with Gasteiger partial charge in [-0.3, -0.25) is 4.79 Å². The van der Waals surface area contributed by atoms with Gasteiger partial charge >= 0.3 is 0 Å². The van der Waals surface area contributed by atoms with E-state index < -0.39 is 12.2 Å². The Morgan fingerprint density at radius 1 is 1.38 bits per heavy atom. The van der Waals surface area contributed by atoms with Crippen molar-refractivity contribution in [2.45, 2.75) is 12.8 Å². The number of hydrogen-bond donors (Lipinski definition) is 0. The van der Waals surface area contributed by atoms with Gasteiger partial charge in [0.25, 0.3) is 6.43 Å². The van der Waals surface area contributed by atoms with Crippen molar-refractivity contribution in [2.24, 2.45) is 0 Å². The number of Topliss-reactive ketones (excluding diaryl/α,β-unsaturated/α-hetero) is 1. The summed E-state index contributed by atoms with van der Waals surface area (Å²) in [4.78, 5) is 10.7. The lowest BCUT2D eigenvalue weighted by atomic mass is 10.1. The van der Waals surface area contributed by atoms with Crippen LogP contribution in [-0.4, -0.2) is 12.2 Å². The molecule has 0 amide bonds. The standard InChI is InChI=1S/C9H7BrF2O/c10-7-4-2-1-3-6(7)5-8(13)9(11)12/h1-4,9H,5H2. The number of halogens is 3. The number of ketones is 1. The second kappa shape index (κ2) is 4.46. The molecule has 1 rings (SSSR count). The Morgan fingerprint density at radius 3 is 2.54 bits per heavy atom. The molecule has 0 aromatic heterocycles. The van der Waals surface area contributed by atoms with Crippen LogP contribution in [-0.2, 0) is 11.2 Å². The van der Waals surface area contributed by atoms with Gasteiger partial charge in [0.2, 0.25) is 5.78 Å². The van der Waals surface area contributed by atoms with Crippen LogP contribution in [0, 0.1) is 0 Å². The molecule has 1 aromatic carbocycles. The Labute approximate surface area is 82.9 Å². The fourth-order valence-corrected chi connectivity index (χ4v) is 1.33. The summed E-state index contributed by atoms with van der Waals surface area (Å²) in [5.41, 5.74) is 0.591. The summed E-state index contributed by atoms with van der Waals surface area (Å²) in [7, 11) is 0. The van der Waals surface area contributed by atoms with Crippen molar-refractivity contribution >= 4 is 21.7 Å². The van der Waals surface area contributed by atoms with Gasteiger partial charge in [0.15, 0.2) is 0 Å². The highest BCUT2D eigenvalue weighted by Crippen LogP contribution is 2.17. The van der Waals surface area contributed by atoms with E-state index in [2.05, 4.69) is 15.9 Å². The van der Waals surface area contributed by atoms with Crippen molar-refractivity contribution < 1.29 is 13.6 Å². The summed E-state index contributed by atoms with van der Waals surface area (Å²) >= 11 is 3.18. The highest BCUT2D eigenvalue weighted by atomic mass is 79.9. The first kappa shape index (κ1) is 10.3.